The van der Waals surface area contributed by atoms with Gasteiger partial charge in [0.15, 0.2) is 5.89 Å². The van der Waals surface area contributed by atoms with Gasteiger partial charge in [0.1, 0.15) is 28.0 Å². The van der Waals surface area contributed by atoms with Crippen LogP contribution in [0.15, 0.2) is 8.81 Å². The number of aromatic nitrogens is 1. The van der Waals surface area contributed by atoms with Crippen molar-refractivity contribution >= 4 is 17.6 Å². The highest BCUT2D eigenvalue weighted by Crippen LogP contribution is 2.32. The molecule has 8 heteroatoms. The van der Waals surface area contributed by atoms with Crippen LogP contribution in [-0.4, -0.2) is 20.5 Å². The largest absolute Gasteiger partial charge is 0.591 e. The van der Waals surface area contributed by atoms with Crippen molar-refractivity contribution in [3.8, 4) is 0 Å². The van der Waals surface area contributed by atoms with Crippen molar-refractivity contribution in [3.63, 3.8) is 0 Å². The van der Waals surface area contributed by atoms with Crippen LogP contribution >= 0.6 is 0 Å². The van der Waals surface area contributed by atoms with E-state index in [-0.39, 0.29) is 5.89 Å². The molecule has 0 aliphatic carbocycles. The molecule has 0 bridgehead atoms. The molecule has 18 heavy (non-hydrogen) atoms. The van der Waals surface area contributed by atoms with E-state index in [1.165, 1.54) is 6.92 Å². The Bertz CT molecular complexity index is 449. The maximum absolute atomic E-state index is 12.5. The predicted molar refractivity (Wildman–Crippen MR) is 61.7 cm³/mol. The quantitative estimate of drug-likeness (QED) is 0.619. The fourth-order valence-electron chi connectivity index (χ4n) is 0.990. The summed E-state index contributed by atoms with van der Waals surface area (Å²) in [6.07, 6.45) is -3.81. The van der Waals surface area contributed by atoms with E-state index in [9.17, 15) is 17.7 Å². The minimum atomic E-state index is -4.65. The molecule has 0 N–H and O–H groups in total. The highest BCUT2D eigenvalue weighted by molar-refractivity contribution is 7.91. The summed E-state index contributed by atoms with van der Waals surface area (Å²) < 4.78 is 56.6. The number of oxazole rings is 1. The molecule has 0 aromatic carbocycles. The van der Waals surface area contributed by atoms with Gasteiger partial charge < -0.3 is 8.97 Å². The third-order valence-corrected chi connectivity index (χ3v) is 3.16. The third kappa shape index (κ3) is 3.74. The van der Waals surface area contributed by atoms with Crippen molar-refractivity contribution in [2.75, 3.05) is 0 Å². The molecule has 0 spiro atoms. The molecule has 1 aromatic heterocycles. The Morgan fingerprint density at radius 3 is 2.33 bits per heavy atom. The summed E-state index contributed by atoms with van der Waals surface area (Å²) in [7, 11) is 0. The smallest absolute Gasteiger partial charge is 0.451 e. The van der Waals surface area contributed by atoms with Crippen LogP contribution in [0.3, 0.4) is 0 Å². The number of hydrogen-bond donors (Lipinski definition) is 0. The average molecular weight is 282 g/mol. The van der Waals surface area contributed by atoms with E-state index < -0.39 is 33.7 Å². The summed E-state index contributed by atoms with van der Waals surface area (Å²) in [5.41, 5.74) is -0.461. The summed E-state index contributed by atoms with van der Waals surface area (Å²) in [5.74, 6) is -1.35. The van der Waals surface area contributed by atoms with Crippen LogP contribution < -0.4 is 0 Å². The van der Waals surface area contributed by atoms with Crippen molar-refractivity contribution in [1.29, 1.82) is 0 Å². The predicted octanol–water partition coefficient (Wildman–Crippen LogP) is 2.88. The fourth-order valence-corrected chi connectivity index (χ4v) is 1.50. The van der Waals surface area contributed by atoms with Gasteiger partial charge in [-0.3, -0.25) is 0 Å². The molecule has 1 unspecified atom stereocenters. The Kier molecular flexibility index (Phi) is 4.12. The van der Waals surface area contributed by atoms with Crippen LogP contribution in [0.2, 0.25) is 0 Å². The summed E-state index contributed by atoms with van der Waals surface area (Å²) in [6, 6.07) is 0. The SMILES string of the molecule is Cc1nc(C=N[S+]([O-])C(C)(C)C)c(C(F)(F)F)o1. The van der Waals surface area contributed by atoms with Gasteiger partial charge in [-0.25, -0.2) is 4.98 Å². The second-order valence-corrected chi connectivity index (χ2v) is 6.47. The highest BCUT2D eigenvalue weighted by atomic mass is 32.2. The minimum absolute atomic E-state index is 0.120. The Morgan fingerprint density at radius 1 is 1.33 bits per heavy atom. The number of nitrogens with zero attached hydrogens (tertiary/aromatic N) is 2. The molecule has 1 aromatic rings. The molecule has 1 rings (SSSR count). The van der Waals surface area contributed by atoms with E-state index in [0.717, 1.165) is 6.21 Å². The maximum Gasteiger partial charge on any atom is 0.451 e. The van der Waals surface area contributed by atoms with Crippen molar-refractivity contribution in [2.24, 2.45) is 4.40 Å². The van der Waals surface area contributed by atoms with E-state index >= 15 is 0 Å². The number of hydrogen-bond acceptors (Lipinski definition) is 4. The molecule has 0 saturated heterocycles. The van der Waals surface area contributed by atoms with Gasteiger partial charge in [0, 0.05) is 6.92 Å². The lowest BCUT2D eigenvalue weighted by atomic mass is 10.3. The van der Waals surface area contributed by atoms with Gasteiger partial charge in [0.25, 0.3) is 0 Å². The van der Waals surface area contributed by atoms with Crippen LogP contribution in [-0.2, 0) is 17.5 Å². The van der Waals surface area contributed by atoms with Crippen LogP contribution in [0.25, 0.3) is 0 Å². The Hall–Kier alpha value is -1.02. The zero-order valence-corrected chi connectivity index (χ0v) is 11.1. The topological polar surface area (TPSA) is 61.5 Å². The first-order chi connectivity index (χ1) is 8.01. The van der Waals surface area contributed by atoms with Crippen molar-refractivity contribution < 1.29 is 22.1 Å². The van der Waals surface area contributed by atoms with Crippen LogP contribution in [0.1, 0.15) is 38.1 Å². The molecule has 102 valence electrons. The summed E-state index contributed by atoms with van der Waals surface area (Å²) in [6.45, 7) is 6.30. The minimum Gasteiger partial charge on any atom is -0.591 e. The molecule has 0 amide bonds. The molecular weight excluding hydrogens is 269 g/mol. The second-order valence-electron chi connectivity index (χ2n) is 4.54. The number of aryl methyl sites for hydroxylation is 1. The molecule has 0 radical (unpaired) electrons. The second kappa shape index (κ2) is 4.93. The van der Waals surface area contributed by atoms with Crippen molar-refractivity contribution in [1.82, 2.24) is 4.98 Å². The normalized spacial score (nSPS) is 15.3. The molecule has 0 saturated carbocycles. The van der Waals surface area contributed by atoms with E-state index in [1.807, 2.05) is 0 Å². The van der Waals surface area contributed by atoms with E-state index in [1.54, 1.807) is 20.8 Å². The van der Waals surface area contributed by atoms with Gasteiger partial charge in [0.05, 0.1) is 0 Å². The van der Waals surface area contributed by atoms with Crippen molar-refractivity contribution in [3.05, 3.63) is 17.3 Å². The first-order valence-electron chi connectivity index (χ1n) is 5.02. The van der Waals surface area contributed by atoms with E-state index in [2.05, 4.69) is 13.8 Å². The average Bonchev–Trinajstić information content (AvgIpc) is 2.54. The first kappa shape index (κ1) is 15.0. The lowest BCUT2D eigenvalue weighted by Gasteiger charge is -2.17. The zero-order chi connectivity index (χ0) is 14.1. The van der Waals surface area contributed by atoms with Gasteiger partial charge >= 0.3 is 6.18 Å². The standard InChI is InChI=1S/C10H13F3N2O2S/c1-6-15-7(8(17-6)10(11,12)13)5-14-18(16)9(2,3)4/h5H,1-4H3. The van der Waals surface area contributed by atoms with Crippen LogP contribution in [0.5, 0.6) is 0 Å². The van der Waals surface area contributed by atoms with Gasteiger partial charge in [0.2, 0.25) is 5.76 Å². The lowest BCUT2D eigenvalue weighted by molar-refractivity contribution is -0.153. The Balaban J connectivity index is 3.02. The molecule has 0 aliphatic heterocycles. The zero-order valence-electron chi connectivity index (χ0n) is 10.3. The summed E-state index contributed by atoms with van der Waals surface area (Å²) >= 11 is -1.64. The van der Waals surface area contributed by atoms with Crippen LogP contribution in [0.4, 0.5) is 13.2 Å². The molecular formula is C10H13F3N2O2S. The molecule has 4 nitrogen and oxygen atoms in total. The van der Waals surface area contributed by atoms with Crippen molar-refractivity contribution in [2.45, 2.75) is 38.6 Å². The number of halogens is 3. The fraction of sp³-hybridized carbons (Fsp3) is 0.600. The Labute approximate surface area is 106 Å². The lowest BCUT2D eigenvalue weighted by Crippen LogP contribution is -2.26. The highest BCUT2D eigenvalue weighted by Gasteiger charge is 2.39. The molecule has 1 atom stereocenters. The van der Waals surface area contributed by atoms with Gasteiger partial charge in [-0.2, -0.15) is 13.2 Å². The van der Waals surface area contributed by atoms with E-state index in [4.69, 9.17) is 0 Å². The summed E-state index contributed by atoms with van der Waals surface area (Å²) in [4.78, 5) is 3.56. The monoisotopic (exact) mass is 282 g/mol. The number of rotatable bonds is 2. The summed E-state index contributed by atoms with van der Waals surface area (Å²) in [5, 5.41) is 0. The van der Waals surface area contributed by atoms with Crippen LogP contribution in [0, 0.1) is 6.92 Å². The third-order valence-electron chi connectivity index (χ3n) is 1.81. The van der Waals surface area contributed by atoms with Gasteiger partial charge in [-0.1, -0.05) is 4.40 Å². The molecule has 0 aliphatic rings. The molecule has 1 heterocycles. The maximum atomic E-state index is 12.5. The first-order valence-corrected chi connectivity index (χ1v) is 6.13. The van der Waals surface area contributed by atoms with Gasteiger partial charge in [-0.15, -0.1) is 0 Å². The number of alkyl halides is 3. The van der Waals surface area contributed by atoms with E-state index in [0.29, 0.717) is 0 Å². The van der Waals surface area contributed by atoms with Gasteiger partial charge in [-0.05, 0) is 20.8 Å². The molecule has 0 fully saturated rings. The Morgan fingerprint density at radius 2 is 1.89 bits per heavy atom.